The van der Waals surface area contributed by atoms with Gasteiger partial charge >= 0.3 is 12.0 Å². The van der Waals surface area contributed by atoms with Crippen LogP contribution in [0.4, 0.5) is 10.5 Å². The number of hydrogen-bond acceptors (Lipinski definition) is 4. The van der Waals surface area contributed by atoms with E-state index in [9.17, 15) is 9.59 Å². The Bertz CT molecular complexity index is 478. The number of aliphatic carboxylic acids is 1. The normalized spacial score (nSPS) is 10.2. The number of carbonyl (C=O) groups excluding carboxylic acids is 1. The van der Waals surface area contributed by atoms with Crippen molar-refractivity contribution in [3.05, 3.63) is 29.8 Å². The molecule has 0 heterocycles. The molecule has 0 atom stereocenters. The minimum absolute atomic E-state index is 0.196. The molecule has 1 aromatic carbocycles. The summed E-state index contributed by atoms with van der Waals surface area (Å²) in [6, 6.07) is 6.70. The Morgan fingerprint density at radius 2 is 1.95 bits per heavy atom. The molecule has 0 aliphatic heterocycles. The van der Waals surface area contributed by atoms with Crippen LogP contribution in [-0.2, 0) is 20.9 Å². The molecule has 0 saturated heterocycles. The van der Waals surface area contributed by atoms with Crippen LogP contribution in [-0.4, -0.2) is 55.9 Å². The lowest BCUT2D eigenvalue weighted by Crippen LogP contribution is -2.40. The van der Waals surface area contributed by atoms with Crippen LogP contribution >= 0.6 is 0 Å². The third-order valence-electron chi connectivity index (χ3n) is 2.74. The Hall–Kier alpha value is -2.12. The second kappa shape index (κ2) is 8.93. The molecule has 0 aromatic heterocycles. The number of hydrogen-bond donors (Lipinski definition) is 2. The van der Waals surface area contributed by atoms with Crippen LogP contribution < -0.4 is 5.32 Å². The molecule has 7 heteroatoms. The molecule has 0 spiro atoms. The zero-order chi connectivity index (χ0) is 15.7. The van der Waals surface area contributed by atoms with Crippen molar-refractivity contribution in [3.8, 4) is 0 Å². The molecule has 0 aliphatic carbocycles. The molecule has 2 N–H and O–H groups in total. The number of urea groups is 1. The van der Waals surface area contributed by atoms with E-state index in [2.05, 4.69) is 5.32 Å². The summed E-state index contributed by atoms with van der Waals surface area (Å²) in [5.74, 6) is -1.08. The van der Waals surface area contributed by atoms with Crippen molar-refractivity contribution < 1.29 is 24.2 Å². The van der Waals surface area contributed by atoms with Gasteiger partial charge in [0.15, 0.2) is 0 Å². The van der Waals surface area contributed by atoms with Gasteiger partial charge in [-0.25, -0.2) is 4.79 Å². The van der Waals surface area contributed by atoms with Gasteiger partial charge in [0.05, 0.1) is 13.2 Å². The van der Waals surface area contributed by atoms with Gasteiger partial charge in [0, 0.05) is 32.0 Å². The fraction of sp³-hybridized carbons (Fsp3) is 0.429. The fourth-order valence-electron chi connectivity index (χ4n) is 1.74. The lowest BCUT2D eigenvalue weighted by molar-refractivity contribution is -0.137. The third-order valence-corrected chi connectivity index (χ3v) is 2.74. The zero-order valence-corrected chi connectivity index (χ0v) is 12.2. The molecule has 2 amide bonds. The van der Waals surface area contributed by atoms with E-state index in [0.29, 0.717) is 12.3 Å². The van der Waals surface area contributed by atoms with Crippen LogP contribution in [0.3, 0.4) is 0 Å². The average molecular weight is 296 g/mol. The molecule has 21 heavy (non-hydrogen) atoms. The second-order valence-corrected chi connectivity index (χ2v) is 4.33. The van der Waals surface area contributed by atoms with Crippen molar-refractivity contribution in [3.63, 3.8) is 0 Å². The molecule has 0 saturated carbocycles. The third kappa shape index (κ3) is 5.80. The van der Waals surface area contributed by atoms with Gasteiger partial charge in [0.2, 0.25) is 0 Å². The number of methoxy groups -OCH3 is 2. The first-order valence-corrected chi connectivity index (χ1v) is 6.42. The van der Waals surface area contributed by atoms with Crippen LogP contribution in [0.2, 0.25) is 0 Å². The van der Waals surface area contributed by atoms with Gasteiger partial charge in [-0.1, -0.05) is 18.2 Å². The lowest BCUT2D eigenvalue weighted by Gasteiger charge is -2.21. The number of anilines is 1. The van der Waals surface area contributed by atoms with Crippen LogP contribution in [0.5, 0.6) is 0 Å². The van der Waals surface area contributed by atoms with Crippen molar-refractivity contribution >= 4 is 17.7 Å². The number of carboxylic acids is 1. The Kier molecular flexibility index (Phi) is 7.20. The topological polar surface area (TPSA) is 88.1 Å². The predicted molar refractivity (Wildman–Crippen MR) is 77.3 cm³/mol. The van der Waals surface area contributed by atoms with E-state index >= 15 is 0 Å². The number of rotatable bonds is 8. The lowest BCUT2D eigenvalue weighted by atomic mass is 10.2. The molecule has 0 bridgehead atoms. The first kappa shape index (κ1) is 16.9. The molecule has 1 rings (SSSR count). The summed E-state index contributed by atoms with van der Waals surface area (Å²) in [4.78, 5) is 24.2. The van der Waals surface area contributed by atoms with Crippen LogP contribution in [0, 0.1) is 0 Å². The Balaban J connectivity index is 2.78. The highest BCUT2D eigenvalue weighted by atomic mass is 16.5. The smallest absolute Gasteiger partial charge is 0.323 e. The van der Waals surface area contributed by atoms with Gasteiger partial charge in [-0.3, -0.25) is 4.79 Å². The minimum Gasteiger partial charge on any atom is -0.480 e. The van der Waals surface area contributed by atoms with Gasteiger partial charge in [0.25, 0.3) is 0 Å². The molecule has 1 aromatic rings. The van der Waals surface area contributed by atoms with Crippen molar-refractivity contribution in [2.45, 2.75) is 6.61 Å². The highest BCUT2D eigenvalue weighted by molar-refractivity contribution is 5.92. The highest BCUT2D eigenvalue weighted by Crippen LogP contribution is 2.16. The Morgan fingerprint density at radius 3 is 2.57 bits per heavy atom. The molecule has 0 aliphatic rings. The highest BCUT2D eigenvalue weighted by Gasteiger charge is 2.17. The molecule has 0 unspecified atom stereocenters. The first-order chi connectivity index (χ1) is 10.1. The van der Waals surface area contributed by atoms with Gasteiger partial charge in [-0.2, -0.15) is 0 Å². The van der Waals surface area contributed by atoms with E-state index in [1.54, 1.807) is 19.2 Å². The van der Waals surface area contributed by atoms with E-state index in [4.69, 9.17) is 14.6 Å². The van der Waals surface area contributed by atoms with E-state index in [-0.39, 0.29) is 19.7 Å². The summed E-state index contributed by atoms with van der Waals surface area (Å²) in [5.41, 5.74) is 1.41. The fourth-order valence-corrected chi connectivity index (χ4v) is 1.74. The molecule has 116 valence electrons. The summed E-state index contributed by atoms with van der Waals surface area (Å²) < 4.78 is 9.94. The van der Waals surface area contributed by atoms with Crippen molar-refractivity contribution in [1.29, 1.82) is 0 Å². The number of carboxylic acid groups (broad SMARTS) is 1. The number of amides is 2. The average Bonchev–Trinajstić information content (AvgIpc) is 2.45. The number of carbonyl (C=O) groups is 2. The number of nitrogens with zero attached hydrogens (tertiary/aromatic N) is 1. The second-order valence-electron chi connectivity index (χ2n) is 4.33. The van der Waals surface area contributed by atoms with Gasteiger partial charge < -0.3 is 24.8 Å². The molecule has 0 radical (unpaired) electrons. The maximum absolute atomic E-state index is 12.2. The summed E-state index contributed by atoms with van der Waals surface area (Å²) in [7, 11) is 3.05. The summed E-state index contributed by atoms with van der Waals surface area (Å²) >= 11 is 0. The van der Waals surface area contributed by atoms with E-state index in [0.717, 1.165) is 5.56 Å². The number of benzene rings is 1. The summed E-state index contributed by atoms with van der Waals surface area (Å²) in [6.45, 7) is 0.427. The van der Waals surface area contributed by atoms with Crippen molar-refractivity contribution in [2.75, 3.05) is 39.2 Å². The van der Waals surface area contributed by atoms with Gasteiger partial charge in [-0.15, -0.1) is 0 Å². The van der Waals surface area contributed by atoms with Crippen LogP contribution in [0.25, 0.3) is 0 Å². The molecular weight excluding hydrogens is 276 g/mol. The van der Waals surface area contributed by atoms with Gasteiger partial charge in [0.1, 0.15) is 6.54 Å². The van der Waals surface area contributed by atoms with E-state index in [1.807, 2.05) is 12.1 Å². The zero-order valence-electron chi connectivity index (χ0n) is 12.2. The SMILES string of the molecule is COCCN(CC(=O)O)C(=O)Nc1ccccc1COC. The Labute approximate surface area is 123 Å². The van der Waals surface area contributed by atoms with Crippen LogP contribution in [0.15, 0.2) is 24.3 Å². The molecule has 7 nitrogen and oxygen atoms in total. The minimum atomic E-state index is -1.08. The van der Waals surface area contributed by atoms with Crippen LogP contribution in [0.1, 0.15) is 5.56 Å². The van der Waals surface area contributed by atoms with E-state index in [1.165, 1.54) is 12.0 Å². The molecular formula is C14H20N2O5. The number of nitrogens with one attached hydrogen (secondary N) is 1. The van der Waals surface area contributed by atoms with Crippen molar-refractivity contribution in [1.82, 2.24) is 4.90 Å². The quantitative estimate of drug-likeness (QED) is 0.757. The maximum atomic E-state index is 12.2. The first-order valence-electron chi connectivity index (χ1n) is 6.42. The summed E-state index contributed by atoms with van der Waals surface area (Å²) in [5, 5.41) is 11.6. The largest absolute Gasteiger partial charge is 0.480 e. The monoisotopic (exact) mass is 296 g/mol. The van der Waals surface area contributed by atoms with Crippen molar-refractivity contribution in [2.24, 2.45) is 0 Å². The van der Waals surface area contributed by atoms with E-state index < -0.39 is 12.0 Å². The maximum Gasteiger partial charge on any atom is 0.323 e. The summed E-state index contributed by atoms with van der Waals surface area (Å²) in [6.07, 6.45) is 0. The molecule has 0 fully saturated rings. The Morgan fingerprint density at radius 1 is 1.24 bits per heavy atom. The number of para-hydroxylation sites is 1. The predicted octanol–water partition coefficient (Wildman–Crippen LogP) is 1.40. The van der Waals surface area contributed by atoms with Gasteiger partial charge in [-0.05, 0) is 6.07 Å². The number of ether oxygens (including phenoxy) is 2. The standard InChI is InChI=1S/C14H20N2O5/c1-20-8-7-16(9-13(17)18)14(19)15-12-6-4-3-5-11(12)10-21-2/h3-6H,7-10H2,1-2H3,(H,15,19)(H,17,18).